The molecule has 5 rings (SSSR count). The van der Waals surface area contributed by atoms with Crippen LogP contribution >= 0.6 is 0 Å². The average molecular weight is 651 g/mol. The first kappa shape index (κ1) is 32.2. The Morgan fingerprint density at radius 3 is 2.40 bits per heavy atom. The molecular formula is C30H30F4N4O6S. The summed E-state index contributed by atoms with van der Waals surface area (Å²) in [5, 5.41) is 17.4. The molecule has 15 heteroatoms. The van der Waals surface area contributed by atoms with Gasteiger partial charge in [-0.3, -0.25) is 4.79 Å². The minimum absolute atomic E-state index is 0.0129. The van der Waals surface area contributed by atoms with E-state index in [4.69, 9.17) is 4.74 Å². The Morgan fingerprint density at radius 1 is 1.00 bits per heavy atom. The van der Waals surface area contributed by atoms with Crippen molar-refractivity contribution in [2.24, 2.45) is 0 Å². The maximum Gasteiger partial charge on any atom is 0.405 e. The van der Waals surface area contributed by atoms with Gasteiger partial charge in [-0.05, 0) is 60.4 Å². The van der Waals surface area contributed by atoms with Crippen molar-refractivity contribution in [1.29, 1.82) is 0 Å². The van der Waals surface area contributed by atoms with Crippen LogP contribution in [0.5, 0.6) is 5.75 Å². The van der Waals surface area contributed by atoms with Gasteiger partial charge in [-0.15, -0.1) is 0 Å². The second-order valence-corrected chi connectivity index (χ2v) is 12.9. The predicted octanol–water partition coefficient (Wildman–Crippen LogP) is 3.79. The first-order valence-electron chi connectivity index (χ1n) is 14.1. The van der Waals surface area contributed by atoms with Crippen molar-refractivity contribution in [1.82, 2.24) is 14.9 Å². The second kappa shape index (κ2) is 13.4. The van der Waals surface area contributed by atoms with Crippen molar-refractivity contribution in [3.63, 3.8) is 0 Å². The van der Waals surface area contributed by atoms with Gasteiger partial charge in [0.15, 0.2) is 11.6 Å². The standard InChI is InChI=1S/C30H30F4N4O6S/c31-19-8-6-17(7-9-19)26(18-11-20(32)13-21(33)12-18)27(37-30(40)41)29(39)36-25-5-1-4-24(34)28(25)44-16-23-14-35-22-3-2-10-45(42,43)38(23)15-22/h1,4-9,11-13,22-23,26-27,35,37H,2-3,10,14-16H2,(H,36,39)(H,40,41)/t22?,23?,26-,27-/m0/s1. The summed E-state index contributed by atoms with van der Waals surface area (Å²) in [4.78, 5) is 25.6. The molecule has 2 aliphatic rings. The fraction of sp³-hybridized carbons (Fsp3) is 0.333. The first-order chi connectivity index (χ1) is 21.4. The molecule has 3 unspecified atom stereocenters. The normalized spacial score (nSPS) is 22.0. The summed E-state index contributed by atoms with van der Waals surface area (Å²) in [5.74, 6) is -6.39. The molecule has 0 radical (unpaired) electrons. The van der Waals surface area contributed by atoms with Gasteiger partial charge in [0.1, 0.15) is 30.1 Å². The van der Waals surface area contributed by atoms with Gasteiger partial charge < -0.3 is 25.8 Å². The summed E-state index contributed by atoms with van der Waals surface area (Å²) in [6.07, 6.45) is -0.462. The quantitative estimate of drug-likeness (QED) is 0.259. The van der Waals surface area contributed by atoms with Crippen LogP contribution in [-0.4, -0.2) is 73.4 Å². The van der Waals surface area contributed by atoms with Crippen molar-refractivity contribution in [3.8, 4) is 5.75 Å². The highest BCUT2D eigenvalue weighted by Gasteiger charge is 2.39. The van der Waals surface area contributed by atoms with Gasteiger partial charge in [-0.2, -0.15) is 4.31 Å². The molecule has 2 fully saturated rings. The number of ether oxygens (including phenoxy) is 1. The van der Waals surface area contributed by atoms with E-state index in [9.17, 15) is 36.3 Å². The predicted molar refractivity (Wildman–Crippen MR) is 155 cm³/mol. The van der Waals surface area contributed by atoms with E-state index in [0.29, 0.717) is 18.9 Å². The molecule has 3 aromatic rings. The Hall–Kier alpha value is -4.21. The number of nitrogens with zero attached hydrogens (tertiary/aromatic N) is 1. The molecule has 2 aliphatic heterocycles. The Labute approximate surface area is 256 Å². The third-order valence-electron chi connectivity index (χ3n) is 7.77. The Bertz CT molecular complexity index is 1660. The lowest BCUT2D eigenvalue weighted by atomic mass is 9.84. The Morgan fingerprint density at radius 2 is 1.71 bits per heavy atom. The fourth-order valence-corrected chi connectivity index (χ4v) is 7.48. The lowest BCUT2D eigenvalue weighted by Gasteiger charge is -2.37. The van der Waals surface area contributed by atoms with E-state index in [0.717, 1.165) is 30.3 Å². The molecule has 4 N–H and O–H groups in total. The van der Waals surface area contributed by atoms with Gasteiger partial charge in [-0.25, -0.2) is 30.8 Å². The maximum absolute atomic E-state index is 15.1. The maximum atomic E-state index is 15.1. The van der Waals surface area contributed by atoms with E-state index < -0.39 is 69.0 Å². The molecule has 2 bridgehead atoms. The van der Waals surface area contributed by atoms with Crippen LogP contribution in [0, 0.1) is 23.3 Å². The van der Waals surface area contributed by atoms with Gasteiger partial charge in [0.05, 0.1) is 17.5 Å². The molecule has 5 atom stereocenters. The minimum atomic E-state index is -3.57. The lowest BCUT2D eigenvalue weighted by Crippen LogP contribution is -2.58. The van der Waals surface area contributed by atoms with E-state index in [1.54, 1.807) is 0 Å². The number of carbonyl (C=O) groups is 2. The molecule has 0 aliphatic carbocycles. The SMILES string of the molecule is O=C(O)N[C@H](C(=O)Nc1cccc(F)c1OCC1CNC2CCCS(=O)(=O)N1C2)[C@@H](c1ccc(F)cc1)c1cc(F)cc(F)c1. The smallest absolute Gasteiger partial charge is 0.405 e. The molecule has 45 heavy (non-hydrogen) atoms. The number of rotatable bonds is 9. The summed E-state index contributed by atoms with van der Waals surface area (Å²) >= 11 is 0. The van der Waals surface area contributed by atoms with Crippen molar-refractivity contribution < 1.29 is 45.4 Å². The zero-order valence-corrected chi connectivity index (χ0v) is 24.5. The van der Waals surface area contributed by atoms with Crippen LogP contribution in [0.15, 0.2) is 60.7 Å². The molecule has 240 valence electrons. The molecular weight excluding hydrogens is 620 g/mol. The lowest BCUT2D eigenvalue weighted by molar-refractivity contribution is -0.118. The molecule has 0 saturated carbocycles. The molecule has 3 aromatic carbocycles. The number of benzene rings is 3. The van der Waals surface area contributed by atoms with Crippen LogP contribution in [-0.2, 0) is 14.8 Å². The summed E-state index contributed by atoms with van der Waals surface area (Å²) in [6.45, 7) is 0.236. The number of sulfonamides is 1. The number of hydrogen-bond acceptors (Lipinski definition) is 6. The second-order valence-electron chi connectivity index (χ2n) is 10.9. The van der Waals surface area contributed by atoms with Crippen LogP contribution in [0.1, 0.15) is 29.9 Å². The Kier molecular flexibility index (Phi) is 9.60. The Balaban J connectivity index is 1.44. The highest BCUT2D eigenvalue weighted by atomic mass is 32.2. The number of piperazine rings is 1. The number of anilines is 1. The van der Waals surface area contributed by atoms with Crippen molar-refractivity contribution in [2.45, 2.75) is 36.9 Å². The highest BCUT2D eigenvalue weighted by molar-refractivity contribution is 7.89. The molecule has 2 amide bonds. The zero-order chi connectivity index (χ0) is 32.3. The summed E-state index contributed by atoms with van der Waals surface area (Å²) in [5.41, 5.74) is -0.195. The number of carboxylic acid groups (broad SMARTS) is 1. The van der Waals surface area contributed by atoms with Gasteiger partial charge >= 0.3 is 6.09 Å². The minimum Gasteiger partial charge on any atom is -0.487 e. The number of carbonyl (C=O) groups excluding carboxylic acids is 1. The van der Waals surface area contributed by atoms with E-state index in [1.807, 2.05) is 0 Å². The van der Waals surface area contributed by atoms with Crippen LogP contribution in [0.25, 0.3) is 0 Å². The zero-order valence-electron chi connectivity index (χ0n) is 23.7. The van der Waals surface area contributed by atoms with Crippen molar-refractivity contribution >= 4 is 27.7 Å². The molecule has 2 saturated heterocycles. The average Bonchev–Trinajstić information content (AvgIpc) is 3.08. The van der Waals surface area contributed by atoms with E-state index >= 15 is 4.39 Å². The fourth-order valence-electron chi connectivity index (χ4n) is 5.72. The molecule has 0 spiro atoms. The van der Waals surface area contributed by atoms with Crippen LogP contribution in [0.2, 0.25) is 0 Å². The third kappa shape index (κ3) is 7.54. The number of hydrogen-bond donors (Lipinski definition) is 4. The third-order valence-corrected chi connectivity index (χ3v) is 9.74. The molecule has 2 heterocycles. The van der Waals surface area contributed by atoms with Gasteiger partial charge in [0.25, 0.3) is 0 Å². The summed E-state index contributed by atoms with van der Waals surface area (Å²) < 4.78 is 90.2. The van der Waals surface area contributed by atoms with Crippen LogP contribution in [0.3, 0.4) is 0 Å². The topological polar surface area (TPSA) is 137 Å². The molecule has 10 nitrogen and oxygen atoms in total. The van der Waals surface area contributed by atoms with Gasteiger partial charge in [-0.1, -0.05) is 18.2 Å². The van der Waals surface area contributed by atoms with Crippen molar-refractivity contribution in [2.75, 3.05) is 30.8 Å². The number of amides is 2. The van der Waals surface area contributed by atoms with E-state index in [-0.39, 0.29) is 48.3 Å². The molecule has 0 aromatic heterocycles. The monoisotopic (exact) mass is 650 g/mol. The van der Waals surface area contributed by atoms with Gasteiger partial charge in [0, 0.05) is 31.1 Å². The van der Waals surface area contributed by atoms with Crippen molar-refractivity contribution in [3.05, 3.63) is 95.1 Å². The number of fused-ring (bicyclic) bond motifs is 2. The van der Waals surface area contributed by atoms with Crippen LogP contribution < -0.4 is 20.7 Å². The number of halogens is 4. The largest absolute Gasteiger partial charge is 0.487 e. The van der Waals surface area contributed by atoms with E-state index in [2.05, 4.69) is 16.0 Å². The van der Waals surface area contributed by atoms with E-state index in [1.165, 1.54) is 28.6 Å². The summed E-state index contributed by atoms with van der Waals surface area (Å²) in [6, 6.07) is 8.17. The highest BCUT2D eigenvalue weighted by Crippen LogP contribution is 2.33. The van der Waals surface area contributed by atoms with Crippen LogP contribution in [0.4, 0.5) is 28.0 Å². The summed E-state index contributed by atoms with van der Waals surface area (Å²) in [7, 11) is -3.57. The van der Waals surface area contributed by atoms with Gasteiger partial charge in [0.2, 0.25) is 15.9 Å². The number of para-hydroxylation sites is 1. The number of nitrogens with one attached hydrogen (secondary N) is 3. The first-order valence-corrected chi connectivity index (χ1v) is 15.7.